The molecule has 13 heavy (non-hydrogen) atoms. The first-order valence-corrected chi connectivity index (χ1v) is 4.84. The lowest BCUT2D eigenvalue weighted by atomic mass is 10.0. The lowest BCUT2D eigenvalue weighted by Gasteiger charge is -2.03. The molecular formula is C11H15NS. The average molecular weight is 193 g/mol. The van der Waals surface area contributed by atoms with Crippen molar-refractivity contribution in [2.45, 2.75) is 26.7 Å². The van der Waals surface area contributed by atoms with E-state index in [0.717, 1.165) is 12.8 Å². The van der Waals surface area contributed by atoms with Crippen molar-refractivity contribution in [2.75, 3.05) is 0 Å². The summed E-state index contributed by atoms with van der Waals surface area (Å²) in [5.41, 5.74) is 9.38. The van der Waals surface area contributed by atoms with E-state index in [0.29, 0.717) is 4.99 Å². The molecule has 0 aliphatic heterocycles. The minimum Gasteiger partial charge on any atom is -0.393 e. The molecule has 1 aromatic rings. The molecule has 0 atom stereocenters. The number of aryl methyl sites for hydroxylation is 3. The monoisotopic (exact) mass is 193 g/mol. The highest BCUT2D eigenvalue weighted by Crippen LogP contribution is 2.10. The summed E-state index contributed by atoms with van der Waals surface area (Å²) >= 11 is 4.84. The predicted octanol–water partition coefficient (Wildman–Crippen LogP) is 2.52. The zero-order valence-corrected chi connectivity index (χ0v) is 8.95. The molecular weight excluding hydrogens is 178 g/mol. The maximum absolute atomic E-state index is 5.45. The summed E-state index contributed by atoms with van der Waals surface area (Å²) in [5, 5.41) is 0. The third-order valence-electron chi connectivity index (χ3n) is 1.94. The Kier molecular flexibility index (Phi) is 3.43. The molecule has 1 nitrogen and oxygen atoms in total. The lowest BCUT2D eigenvalue weighted by molar-refractivity contribution is 1.03. The van der Waals surface area contributed by atoms with E-state index in [9.17, 15) is 0 Å². The number of hydrogen-bond acceptors (Lipinski definition) is 1. The van der Waals surface area contributed by atoms with Gasteiger partial charge in [0.1, 0.15) is 0 Å². The standard InChI is InChI=1S/C11H15NS/c1-8-5-9(2)7-10(6-8)3-4-11(12)13/h5-7H,3-4H2,1-2H3,(H2,12,13). The second-order valence-corrected chi connectivity index (χ2v) is 3.99. The predicted molar refractivity (Wildman–Crippen MR) is 61.0 cm³/mol. The molecule has 0 aliphatic carbocycles. The Labute approximate surface area is 85.0 Å². The molecule has 1 aromatic carbocycles. The Hall–Kier alpha value is -0.890. The first-order chi connectivity index (χ1) is 6.08. The van der Waals surface area contributed by atoms with Crippen molar-refractivity contribution in [3.05, 3.63) is 34.9 Å². The summed E-state index contributed by atoms with van der Waals surface area (Å²) in [6.45, 7) is 4.22. The third kappa shape index (κ3) is 3.55. The van der Waals surface area contributed by atoms with Gasteiger partial charge in [0.05, 0.1) is 4.99 Å². The molecule has 0 aromatic heterocycles. The average Bonchev–Trinajstić information content (AvgIpc) is 1.99. The number of nitrogens with two attached hydrogens (primary N) is 1. The van der Waals surface area contributed by atoms with Gasteiger partial charge in [0.15, 0.2) is 0 Å². The van der Waals surface area contributed by atoms with E-state index in [2.05, 4.69) is 32.0 Å². The molecule has 0 fully saturated rings. The van der Waals surface area contributed by atoms with Crippen LogP contribution in [0.5, 0.6) is 0 Å². The van der Waals surface area contributed by atoms with Crippen molar-refractivity contribution in [3.63, 3.8) is 0 Å². The SMILES string of the molecule is Cc1cc(C)cc(CCC(N)=S)c1. The fourth-order valence-electron chi connectivity index (χ4n) is 1.48. The van der Waals surface area contributed by atoms with E-state index in [4.69, 9.17) is 18.0 Å². The zero-order valence-electron chi connectivity index (χ0n) is 8.13. The second kappa shape index (κ2) is 4.38. The van der Waals surface area contributed by atoms with Gasteiger partial charge in [0.25, 0.3) is 0 Å². The summed E-state index contributed by atoms with van der Waals surface area (Å²) in [6.07, 6.45) is 1.76. The fraction of sp³-hybridized carbons (Fsp3) is 0.364. The quantitative estimate of drug-likeness (QED) is 0.746. The van der Waals surface area contributed by atoms with Crippen LogP contribution >= 0.6 is 12.2 Å². The van der Waals surface area contributed by atoms with Crippen LogP contribution in [-0.4, -0.2) is 4.99 Å². The Morgan fingerprint density at radius 2 is 1.77 bits per heavy atom. The highest BCUT2D eigenvalue weighted by molar-refractivity contribution is 7.80. The number of thiocarbonyl (C=S) groups is 1. The van der Waals surface area contributed by atoms with Crippen LogP contribution in [0.2, 0.25) is 0 Å². The van der Waals surface area contributed by atoms with E-state index in [-0.39, 0.29) is 0 Å². The fourth-order valence-corrected chi connectivity index (χ4v) is 1.58. The minimum absolute atomic E-state index is 0.596. The first-order valence-electron chi connectivity index (χ1n) is 4.43. The minimum atomic E-state index is 0.596. The van der Waals surface area contributed by atoms with Crippen molar-refractivity contribution < 1.29 is 0 Å². The Morgan fingerprint density at radius 3 is 2.23 bits per heavy atom. The maximum Gasteiger partial charge on any atom is 0.0730 e. The van der Waals surface area contributed by atoms with Gasteiger partial charge in [-0.05, 0) is 25.8 Å². The van der Waals surface area contributed by atoms with Gasteiger partial charge in [-0.3, -0.25) is 0 Å². The molecule has 2 N–H and O–H groups in total. The summed E-state index contributed by atoms with van der Waals surface area (Å²) < 4.78 is 0. The molecule has 0 unspecified atom stereocenters. The van der Waals surface area contributed by atoms with Crippen molar-refractivity contribution in [2.24, 2.45) is 5.73 Å². The van der Waals surface area contributed by atoms with Crippen LogP contribution in [-0.2, 0) is 6.42 Å². The van der Waals surface area contributed by atoms with Crippen LogP contribution in [0.1, 0.15) is 23.1 Å². The molecule has 1 rings (SSSR count). The second-order valence-electron chi connectivity index (χ2n) is 3.46. The van der Waals surface area contributed by atoms with Gasteiger partial charge in [0, 0.05) is 6.42 Å². The summed E-state index contributed by atoms with van der Waals surface area (Å²) in [5.74, 6) is 0. The molecule has 0 radical (unpaired) electrons. The first kappa shape index (κ1) is 10.2. The molecule has 0 heterocycles. The van der Waals surface area contributed by atoms with Crippen LogP contribution in [0.3, 0.4) is 0 Å². The number of hydrogen-bond donors (Lipinski definition) is 1. The molecule has 0 saturated carbocycles. The lowest BCUT2D eigenvalue weighted by Crippen LogP contribution is -2.08. The van der Waals surface area contributed by atoms with Crippen molar-refractivity contribution >= 4 is 17.2 Å². The van der Waals surface area contributed by atoms with Crippen LogP contribution in [0.4, 0.5) is 0 Å². The van der Waals surface area contributed by atoms with E-state index in [1.807, 2.05) is 0 Å². The van der Waals surface area contributed by atoms with Crippen LogP contribution in [0.15, 0.2) is 18.2 Å². The smallest absolute Gasteiger partial charge is 0.0730 e. The molecule has 0 aliphatic rings. The highest BCUT2D eigenvalue weighted by atomic mass is 32.1. The molecule has 0 spiro atoms. The van der Waals surface area contributed by atoms with Crippen molar-refractivity contribution in [1.82, 2.24) is 0 Å². The molecule has 2 heteroatoms. The van der Waals surface area contributed by atoms with E-state index < -0.39 is 0 Å². The van der Waals surface area contributed by atoms with Crippen molar-refractivity contribution in [3.8, 4) is 0 Å². The van der Waals surface area contributed by atoms with Crippen molar-refractivity contribution in [1.29, 1.82) is 0 Å². The van der Waals surface area contributed by atoms with Gasteiger partial charge in [-0.2, -0.15) is 0 Å². The Balaban J connectivity index is 2.71. The van der Waals surface area contributed by atoms with Gasteiger partial charge >= 0.3 is 0 Å². The molecule has 0 saturated heterocycles. The van der Waals surface area contributed by atoms with Crippen LogP contribution in [0.25, 0.3) is 0 Å². The molecule has 0 bridgehead atoms. The normalized spacial score (nSPS) is 10.0. The maximum atomic E-state index is 5.45. The number of benzene rings is 1. The topological polar surface area (TPSA) is 26.0 Å². The van der Waals surface area contributed by atoms with Gasteiger partial charge in [-0.1, -0.05) is 41.5 Å². The van der Waals surface area contributed by atoms with E-state index >= 15 is 0 Å². The Bertz CT molecular complexity index is 298. The van der Waals surface area contributed by atoms with Gasteiger partial charge in [-0.25, -0.2) is 0 Å². The third-order valence-corrected chi connectivity index (χ3v) is 2.15. The van der Waals surface area contributed by atoms with Crippen LogP contribution in [0, 0.1) is 13.8 Å². The Morgan fingerprint density at radius 1 is 1.23 bits per heavy atom. The number of rotatable bonds is 3. The highest BCUT2D eigenvalue weighted by Gasteiger charge is 1.97. The van der Waals surface area contributed by atoms with E-state index in [1.54, 1.807) is 0 Å². The molecule has 0 amide bonds. The van der Waals surface area contributed by atoms with Crippen LogP contribution < -0.4 is 5.73 Å². The van der Waals surface area contributed by atoms with Gasteiger partial charge in [0.2, 0.25) is 0 Å². The van der Waals surface area contributed by atoms with Gasteiger partial charge in [-0.15, -0.1) is 0 Å². The summed E-state index contributed by atoms with van der Waals surface area (Å²) in [4.78, 5) is 0.596. The van der Waals surface area contributed by atoms with E-state index in [1.165, 1.54) is 16.7 Å². The van der Waals surface area contributed by atoms with Gasteiger partial charge < -0.3 is 5.73 Å². The largest absolute Gasteiger partial charge is 0.393 e. The summed E-state index contributed by atoms with van der Waals surface area (Å²) in [6, 6.07) is 6.54. The summed E-state index contributed by atoms with van der Waals surface area (Å²) in [7, 11) is 0. The molecule has 70 valence electrons. The zero-order chi connectivity index (χ0) is 9.84.